The van der Waals surface area contributed by atoms with Gasteiger partial charge in [-0.1, -0.05) is 23.5 Å². The number of amides is 1. The lowest BCUT2D eigenvalue weighted by Gasteiger charge is -2.06. The molecule has 1 N–H and O–H groups in total. The number of hydrogen-bond donors (Lipinski definition) is 1. The molecule has 1 heterocycles. The van der Waals surface area contributed by atoms with Crippen LogP contribution in [-0.2, 0) is 0 Å². The van der Waals surface area contributed by atoms with Gasteiger partial charge in [-0.15, -0.1) is 0 Å². The molecule has 0 bridgehead atoms. The van der Waals surface area contributed by atoms with Gasteiger partial charge in [0.1, 0.15) is 5.75 Å². The predicted octanol–water partition coefficient (Wildman–Crippen LogP) is 4.94. The number of ether oxygens (including phenoxy) is 1. The second-order valence-electron chi connectivity index (χ2n) is 5.20. The topological polar surface area (TPSA) is 51.2 Å². The van der Waals surface area contributed by atoms with Crippen LogP contribution in [0.2, 0.25) is 0 Å². The second kappa shape index (κ2) is 6.29. The largest absolute Gasteiger partial charge is 0.496 e. The van der Waals surface area contributed by atoms with E-state index in [9.17, 15) is 4.79 Å². The van der Waals surface area contributed by atoms with Gasteiger partial charge in [0.2, 0.25) is 0 Å². The minimum absolute atomic E-state index is 0.192. The zero-order chi connectivity index (χ0) is 16.6. The summed E-state index contributed by atoms with van der Waals surface area (Å²) in [6.45, 7) is 4.07. The van der Waals surface area contributed by atoms with Gasteiger partial charge in [-0.05, 0) is 59.1 Å². The molecule has 0 radical (unpaired) electrons. The molecule has 1 amide bonds. The van der Waals surface area contributed by atoms with E-state index in [1.165, 1.54) is 11.3 Å². The van der Waals surface area contributed by atoms with Crippen molar-refractivity contribution in [1.82, 2.24) is 4.98 Å². The Morgan fingerprint density at radius 3 is 2.61 bits per heavy atom. The molecular formula is C17H15BrN2O2S. The van der Waals surface area contributed by atoms with Gasteiger partial charge in [0.15, 0.2) is 5.13 Å². The number of aromatic nitrogens is 1. The number of anilines is 1. The number of thiazole rings is 1. The summed E-state index contributed by atoms with van der Waals surface area (Å²) in [6, 6.07) is 9.33. The van der Waals surface area contributed by atoms with E-state index in [1.807, 2.05) is 19.9 Å². The van der Waals surface area contributed by atoms with E-state index in [0.29, 0.717) is 16.4 Å². The molecule has 6 heteroatoms. The van der Waals surface area contributed by atoms with Gasteiger partial charge < -0.3 is 4.74 Å². The molecule has 118 valence electrons. The van der Waals surface area contributed by atoms with Crippen molar-refractivity contribution in [1.29, 1.82) is 0 Å². The van der Waals surface area contributed by atoms with Crippen molar-refractivity contribution in [2.45, 2.75) is 13.8 Å². The van der Waals surface area contributed by atoms with E-state index >= 15 is 0 Å². The molecule has 0 unspecified atom stereocenters. The van der Waals surface area contributed by atoms with Crippen molar-refractivity contribution in [3.63, 3.8) is 0 Å². The maximum atomic E-state index is 12.4. The molecule has 0 aliphatic rings. The highest BCUT2D eigenvalue weighted by Gasteiger charge is 2.13. The Morgan fingerprint density at radius 1 is 1.22 bits per heavy atom. The van der Waals surface area contributed by atoms with Crippen molar-refractivity contribution < 1.29 is 9.53 Å². The van der Waals surface area contributed by atoms with Crippen LogP contribution in [0.4, 0.5) is 5.13 Å². The smallest absolute Gasteiger partial charge is 0.257 e. The van der Waals surface area contributed by atoms with Gasteiger partial charge in [0.25, 0.3) is 5.91 Å². The number of nitrogens with one attached hydrogen (secondary N) is 1. The first-order chi connectivity index (χ1) is 11.0. The van der Waals surface area contributed by atoms with E-state index in [-0.39, 0.29) is 5.91 Å². The SMILES string of the molecule is COc1ccc(C(=O)Nc2nc3c(C)ccc(C)c3s2)cc1Br. The summed E-state index contributed by atoms with van der Waals surface area (Å²) in [6.07, 6.45) is 0. The monoisotopic (exact) mass is 390 g/mol. The summed E-state index contributed by atoms with van der Waals surface area (Å²) in [4.78, 5) is 17.0. The fourth-order valence-corrected chi connectivity index (χ4v) is 3.84. The number of benzene rings is 2. The van der Waals surface area contributed by atoms with Crippen LogP contribution in [0, 0.1) is 13.8 Å². The zero-order valence-corrected chi connectivity index (χ0v) is 15.3. The van der Waals surface area contributed by atoms with E-state index in [4.69, 9.17) is 4.74 Å². The number of carbonyl (C=O) groups is 1. The van der Waals surface area contributed by atoms with Crippen molar-refractivity contribution in [3.8, 4) is 5.75 Å². The number of halogens is 1. The van der Waals surface area contributed by atoms with Crippen LogP contribution in [-0.4, -0.2) is 18.0 Å². The molecule has 0 aliphatic carbocycles. The van der Waals surface area contributed by atoms with Gasteiger partial charge >= 0.3 is 0 Å². The summed E-state index contributed by atoms with van der Waals surface area (Å²) >= 11 is 4.88. The number of nitrogens with zero attached hydrogens (tertiary/aromatic N) is 1. The minimum Gasteiger partial charge on any atom is -0.496 e. The van der Waals surface area contributed by atoms with E-state index < -0.39 is 0 Å². The van der Waals surface area contributed by atoms with Gasteiger partial charge in [-0.25, -0.2) is 4.98 Å². The Morgan fingerprint density at radius 2 is 1.96 bits per heavy atom. The first-order valence-corrected chi connectivity index (χ1v) is 8.62. The summed E-state index contributed by atoms with van der Waals surface area (Å²) < 4.78 is 7.02. The maximum absolute atomic E-state index is 12.4. The summed E-state index contributed by atoms with van der Waals surface area (Å²) in [5.41, 5.74) is 3.76. The molecule has 0 atom stereocenters. The van der Waals surface area contributed by atoms with Gasteiger partial charge in [-0.2, -0.15) is 0 Å². The lowest BCUT2D eigenvalue weighted by molar-refractivity contribution is 0.102. The highest BCUT2D eigenvalue weighted by Crippen LogP contribution is 2.31. The Bertz CT molecular complexity index is 866. The van der Waals surface area contributed by atoms with Gasteiger partial charge in [0.05, 0.1) is 21.8 Å². The van der Waals surface area contributed by atoms with Gasteiger partial charge in [0, 0.05) is 5.56 Å². The van der Waals surface area contributed by atoms with Crippen molar-refractivity contribution in [3.05, 3.63) is 51.5 Å². The minimum atomic E-state index is -0.192. The summed E-state index contributed by atoms with van der Waals surface area (Å²) in [5, 5.41) is 3.48. The third kappa shape index (κ3) is 3.09. The van der Waals surface area contributed by atoms with Crippen LogP contribution in [0.3, 0.4) is 0 Å². The molecule has 23 heavy (non-hydrogen) atoms. The molecule has 0 spiro atoms. The first kappa shape index (κ1) is 16.0. The van der Waals surface area contributed by atoms with Crippen LogP contribution in [0.25, 0.3) is 10.2 Å². The molecule has 1 aromatic heterocycles. The fraction of sp³-hybridized carbons (Fsp3) is 0.176. The van der Waals surface area contributed by atoms with Crippen LogP contribution in [0.5, 0.6) is 5.75 Å². The normalized spacial score (nSPS) is 10.8. The molecule has 0 fully saturated rings. The maximum Gasteiger partial charge on any atom is 0.257 e. The van der Waals surface area contributed by atoms with E-state index in [1.54, 1.807) is 25.3 Å². The lowest BCUT2D eigenvalue weighted by Crippen LogP contribution is -2.11. The number of hydrogen-bond acceptors (Lipinski definition) is 4. The summed E-state index contributed by atoms with van der Waals surface area (Å²) in [7, 11) is 1.59. The molecule has 3 aromatic rings. The number of aryl methyl sites for hydroxylation is 2. The first-order valence-electron chi connectivity index (χ1n) is 7.01. The average molecular weight is 391 g/mol. The molecule has 4 nitrogen and oxygen atoms in total. The van der Waals surface area contributed by atoms with Crippen LogP contribution in [0.15, 0.2) is 34.8 Å². The van der Waals surface area contributed by atoms with Crippen LogP contribution in [0.1, 0.15) is 21.5 Å². The number of methoxy groups -OCH3 is 1. The van der Waals surface area contributed by atoms with Crippen molar-refractivity contribution in [2.24, 2.45) is 0 Å². The van der Waals surface area contributed by atoms with Crippen LogP contribution < -0.4 is 10.1 Å². The van der Waals surface area contributed by atoms with Crippen LogP contribution >= 0.6 is 27.3 Å². The second-order valence-corrected chi connectivity index (χ2v) is 7.05. The Kier molecular flexibility index (Phi) is 4.37. The zero-order valence-electron chi connectivity index (χ0n) is 12.9. The molecule has 0 aliphatic heterocycles. The Balaban J connectivity index is 1.90. The molecule has 3 rings (SSSR count). The molecule has 0 saturated carbocycles. The Hall–Kier alpha value is -1.92. The standard InChI is InChI=1S/C17H15BrN2O2S/c1-9-4-5-10(2)15-14(9)19-17(23-15)20-16(21)11-6-7-13(22-3)12(18)8-11/h4-8H,1-3H3,(H,19,20,21). The molecule has 2 aromatic carbocycles. The third-order valence-electron chi connectivity index (χ3n) is 3.58. The molecular weight excluding hydrogens is 376 g/mol. The third-order valence-corrected chi connectivity index (χ3v) is 5.30. The Labute approximate surface area is 146 Å². The number of carbonyl (C=O) groups excluding carboxylic acids is 1. The average Bonchev–Trinajstić information content (AvgIpc) is 2.96. The number of rotatable bonds is 3. The summed E-state index contributed by atoms with van der Waals surface area (Å²) in [5.74, 6) is 0.496. The van der Waals surface area contributed by atoms with E-state index in [2.05, 4.69) is 32.3 Å². The fourth-order valence-electron chi connectivity index (χ4n) is 2.29. The predicted molar refractivity (Wildman–Crippen MR) is 97.7 cm³/mol. The van der Waals surface area contributed by atoms with E-state index in [0.717, 1.165) is 25.8 Å². The molecule has 0 saturated heterocycles. The van der Waals surface area contributed by atoms with Gasteiger partial charge in [-0.3, -0.25) is 10.1 Å². The quantitative estimate of drug-likeness (QED) is 0.688. The number of fused-ring (bicyclic) bond motifs is 1. The lowest BCUT2D eigenvalue weighted by atomic mass is 10.1. The highest BCUT2D eigenvalue weighted by molar-refractivity contribution is 9.10. The van der Waals surface area contributed by atoms with Crippen molar-refractivity contribution >= 4 is 48.5 Å². The van der Waals surface area contributed by atoms with Crippen molar-refractivity contribution in [2.75, 3.05) is 12.4 Å². The highest BCUT2D eigenvalue weighted by atomic mass is 79.9.